The second-order valence-electron chi connectivity index (χ2n) is 4.51. The largest absolute Gasteiger partial charge is 0.360 e. The number of benzene rings is 1. The maximum atomic E-state index is 12.5. The Morgan fingerprint density at radius 2 is 2.23 bits per heavy atom. The third-order valence-corrected chi connectivity index (χ3v) is 4.64. The lowest BCUT2D eigenvalue weighted by Gasteiger charge is -2.04. The first-order valence-corrected chi connectivity index (χ1v) is 8.05. The molecule has 3 rings (SSSR count). The number of hydrogen-bond acceptors (Lipinski definition) is 4. The van der Waals surface area contributed by atoms with Crippen molar-refractivity contribution in [1.29, 1.82) is 5.26 Å². The molecule has 0 saturated heterocycles. The number of sulfonamides is 1. The van der Waals surface area contributed by atoms with E-state index in [9.17, 15) is 8.42 Å². The number of fused-ring (bicyclic) bond motifs is 1. The average Bonchev–Trinajstić information content (AvgIpc) is 3.05. The van der Waals surface area contributed by atoms with Gasteiger partial charge in [0.15, 0.2) is 5.82 Å². The van der Waals surface area contributed by atoms with E-state index >= 15 is 0 Å². The van der Waals surface area contributed by atoms with Gasteiger partial charge in [-0.15, -0.1) is 0 Å². The number of nitrogens with one attached hydrogen (secondary N) is 2. The van der Waals surface area contributed by atoms with Gasteiger partial charge in [-0.2, -0.15) is 10.4 Å². The molecule has 2 aromatic heterocycles. The average molecular weight is 336 g/mol. The van der Waals surface area contributed by atoms with Crippen molar-refractivity contribution in [3.05, 3.63) is 41.7 Å². The third kappa shape index (κ3) is 2.64. The van der Waals surface area contributed by atoms with E-state index in [-0.39, 0.29) is 17.3 Å². The number of hydrogen-bond donors (Lipinski definition) is 2. The third-order valence-electron chi connectivity index (χ3n) is 3.01. The van der Waals surface area contributed by atoms with Crippen LogP contribution in [0.15, 0.2) is 41.6 Å². The van der Waals surface area contributed by atoms with Gasteiger partial charge in [-0.25, -0.2) is 8.42 Å². The Kier molecular flexibility index (Phi) is 3.52. The van der Waals surface area contributed by atoms with Gasteiger partial charge in [0.1, 0.15) is 11.4 Å². The number of anilines is 1. The first-order valence-electron chi connectivity index (χ1n) is 6.19. The van der Waals surface area contributed by atoms with Crippen LogP contribution >= 0.6 is 11.6 Å². The quantitative estimate of drug-likeness (QED) is 0.763. The highest BCUT2D eigenvalue weighted by Gasteiger charge is 2.20. The molecule has 1 aromatic carbocycles. The maximum absolute atomic E-state index is 12.5. The van der Waals surface area contributed by atoms with Gasteiger partial charge in [0, 0.05) is 34.4 Å². The SMILES string of the molecule is N#CCn1ccc(NS(=O)(=O)c2c[nH]c3cc(Cl)ccc23)n1. The highest BCUT2D eigenvalue weighted by Crippen LogP contribution is 2.26. The van der Waals surface area contributed by atoms with Crippen molar-refractivity contribution < 1.29 is 8.42 Å². The monoisotopic (exact) mass is 335 g/mol. The smallest absolute Gasteiger partial charge is 0.265 e. The summed E-state index contributed by atoms with van der Waals surface area (Å²) in [4.78, 5) is 2.98. The zero-order chi connectivity index (χ0) is 15.7. The van der Waals surface area contributed by atoms with Gasteiger partial charge in [0.2, 0.25) is 0 Å². The molecule has 0 atom stereocenters. The lowest BCUT2D eigenvalue weighted by molar-refractivity contribution is 0.601. The predicted octanol–water partition coefficient (Wildman–Crippen LogP) is 2.34. The molecular weight excluding hydrogens is 326 g/mol. The van der Waals surface area contributed by atoms with Crippen LogP contribution in [0, 0.1) is 11.3 Å². The molecule has 0 spiro atoms. The molecule has 0 bridgehead atoms. The Morgan fingerprint density at radius 3 is 3.00 bits per heavy atom. The van der Waals surface area contributed by atoms with Gasteiger partial charge in [0.25, 0.3) is 10.0 Å². The molecule has 0 amide bonds. The highest BCUT2D eigenvalue weighted by molar-refractivity contribution is 7.93. The maximum Gasteiger partial charge on any atom is 0.265 e. The van der Waals surface area contributed by atoms with Crippen LogP contribution in [0.3, 0.4) is 0 Å². The standard InChI is InChI=1S/C13H10ClN5O2S/c14-9-1-2-10-11(7-9)16-8-12(10)22(20,21)18-13-3-5-19(17-13)6-4-15/h1-3,5,7-8,16H,6H2,(H,17,18). The zero-order valence-electron chi connectivity index (χ0n) is 11.1. The van der Waals surface area contributed by atoms with Crippen LogP contribution < -0.4 is 4.72 Å². The lowest BCUT2D eigenvalue weighted by atomic mass is 10.2. The van der Waals surface area contributed by atoms with Crippen molar-refractivity contribution in [2.24, 2.45) is 0 Å². The van der Waals surface area contributed by atoms with Gasteiger partial charge in [-0.05, 0) is 18.2 Å². The van der Waals surface area contributed by atoms with Crippen molar-refractivity contribution in [2.75, 3.05) is 4.72 Å². The van der Waals surface area contributed by atoms with Crippen LogP contribution in [0.4, 0.5) is 5.82 Å². The summed E-state index contributed by atoms with van der Waals surface area (Å²) in [7, 11) is -3.79. The molecule has 0 saturated carbocycles. The topological polar surface area (TPSA) is 104 Å². The number of halogens is 1. The van der Waals surface area contributed by atoms with Gasteiger partial charge in [0.05, 0.1) is 6.07 Å². The number of rotatable bonds is 4. The summed E-state index contributed by atoms with van der Waals surface area (Å²) in [5.41, 5.74) is 0.628. The van der Waals surface area contributed by atoms with Crippen LogP contribution in [0.25, 0.3) is 10.9 Å². The summed E-state index contributed by atoms with van der Waals surface area (Å²) in [5, 5.41) is 13.6. The molecular formula is C13H10ClN5O2S. The molecule has 0 fully saturated rings. The number of aromatic nitrogens is 3. The molecule has 7 nitrogen and oxygen atoms in total. The molecule has 2 heterocycles. The molecule has 0 radical (unpaired) electrons. The molecule has 0 aliphatic rings. The molecule has 0 unspecified atom stereocenters. The normalized spacial score (nSPS) is 11.5. The van der Waals surface area contributed by atoms with Crippen molar-refractivity contribution in [3.63, 3.8) is 0 Å². The predicted molar refractivity (Wildman–Crippen MR) is 82.0 cm³/mol. The van der Waals surface area contributed by atoms with Crippen molar-refractivity contribution >= 4 is 38.3 Å². The van der Waals surface area contributed by atoms with Crippen LogP contribution in [0.1, 0.15) is 0 Å². The lowest BCUT2D eigenvalue weighted by Crippen LogP contribution is -2.13. The van der Waals surface area contributed by atoms with E-state index in [2.05, 4.69) is 14.8 Å². The fourth-order valence-electron chi connectivity index (χ4n) is 2.06. The Labute approximate surface area is 131 Å². The summed E-state index contributed by atoms with van der Waals surface area (Å²) < 4.78 is 28.6. The van der Waals surface area contributed by atoms with E-state index in [4.69, 9.17) is 16.9 Å². The fraction of sp³-hybridized carbons (Fsp3) is 0.0769. The highest BCUT2D eigenvalue weighted by atomic mass is 35.5. The molecule has 22 heavy (non-hydrogen) atoms. The van der Waals surface area contributed by atoms with Crippen molar-refractivity contribution in [1.82, 2.24) is 14.8 Å². The Hall–Kier alpha value is -2.50. The molecule has 112 valence electrons. The first-order chi connectivity index (χ1) is 10.5. The Morgan fingerprint density at radius 1 is 1.41 bits per heavy atom. The summed E-state index contributed by atoms with van der Waals surface area (Å²) in [5.74, 6) is 0.151. The minimum atomic E-state index is -3.79. The van der Waals surface area contributed by atoms with E-state index in [1.54, 1.807) is 18.2 Å². The Bertz CT molecular complexity index is 983. The zero-order valence-corrected chi connectivity index (χ0v) is 12.7. The minimum absolute atomic E-state index is 0.0489. The second-order valence-corrected chi connectivity index (χ2v) is 6.59. The summed E-state index contributed by atoms with van der Waals surface area (Å²) in [6.45, 7) is 0.0489. The van der Waals surface area contributed by atoms with E-state index < -0.39 is 10.0 Å². The van der Waals surface area contributed by atoms with Crippen LogP contribution in [-0.2, 0) is 16.6 Å². The van der Waals surface area contributed by atoms with E-state index in [1.807, 2.05) is 6.07 Å². The van der Waals surface area contributed by atoms with Gasteiger partial charge in [-0.1, -0.05) is 11.6 Å². The number of aromatic amines is 1. The molecule has 2 N–H and O–H groups in total. The van der Waals surface area contributed by atoms with Crippen LogP contribution in [0.5, 0.6) is 0 Å². The van der Waals surface area contributed by atoms with Crippen molar-refractivity contribution in [2.45, 2.75) is 11.4 Å². The summed E-state index contributed by atoms with van der Waals surface area (Å²) >= 11 is 5.88. The van der Waals surface area contributed by atoms with Gasteiger partial charge >= 0.3 is 0 Å². The molecule has 0 aliphatic heterocycles. The molecule has 9 heteroatoms. The van der Waals surface area contributed by atoms with Crippen LogP contribution in [-0.4, -0.2) is 23.2 Å². The van der Waals surface area contributed by atoms with E-state index in [0.29, 0.717) is 15.9 Å². The van der Waals surface area contributed by atoms with Crippen molar-refractivity contribution in [3.8, 4) is 6.07 Å². The molecule has 3 aromatic rings. The number of nitriles is 1. The second kappa shape index (κ2) is 5.36. The Balaban J connectivity index is 1.96. The van der Waals surface area contributed by atoms with Crippen LogP contribution in [0.2, 0.25) is 5.02 Å². The number of H-pyrrole nitrogens is 1. The minimum Gasteiger partial charge on any atom is -0.360 e. The number of nitrogens with zero attached hydrogens (tertiary/aromatic N) is 3. The van der Waals surface area contributed by atoms with Gasteiger partial charge < -0.3 is 4.98 Å². The molecule has 0 aliphatic carbocycles. The summed E-state index contributed by atoms with van der Waals surface area (Å²) in [6, 6.07) is 8.32. The fourth-order valence-corrected chi connectivity index (χ4v) is 3.41. The first kappa shape index (κ1) is 14.4. The van der Waals surface area contributed by atoms with E-state index in [1.165, 1.54) is 23.1 Å². The van der Waals surface area contributed by atoms with E-state index in [0.717, 1.165) is 0 Å². The van der Waals surface area contributed by atoms with Gasteiger partial charge in [-0.3, -0.25) is 9.40 Å². The summed E-state index contributed by atoms with van der Waals surface area (Å²) in [6.07, 6.45) is 2.92.